The van der Waals surface area contributed by atoms with Crippen molar-refractivity contribution in [1.82, 2.24) is 20.3 Å². The zero-order valence-electron chi connectivity index (χ0n) is 24.6. The summed E-state index contributed by atoms with van der Waals surface area (Å²) in [6.07, 6.45) is 6.01. The summed E-state index contributed by atoms with van der Waals surface area (Å²) in [6.45, 7) is 3.90. The molecule has 222 valence electrons. The topological polar surface area (TPSA) is 89.0 Å². The Labute approximate surface area is 255 Å². The fraction of sp³-hybridized carbons (Fsp3) is 0.278. The summed E-state index contributed by atoms with van der Waals surface area (Å²) in [4.78, 5) is 27.1. The molecular weight excluding hydrogens is 553 g/mol. The molecule has 1 saturated carbocycles. The number of halogens is 1. The van der Waals surface area contributed by atoms with E-state index in [0.29, 0.717) is 28.8 Å². The molecule has 0 bridgehead atoms. The highest BCUT2D eigenvalue weighted by atomic mass is 19.1. The summed E-state index contributed by atoms with van der Waals surface area (Å²) in [5, 5.41) is 8.62. The summed E-state index contributed by atoms with van der Waals surface area (Å²) >= 11 is 0. The van der Waals surface area contributed by atoms with Crippen LogP contribution in [0.2, 0.25) is 0 Å². The molecule has 8 heteroatoms. The molecule has 3 heterocycles. The van der Waals surface area contributed by atoms with E-state index in [9.17, 15) is 4.79 Å². The van der Waals surface area contributed by atoms with Crippen LogP contribution in [0.4, 0.5) is 10.3 Å². The second-order valence-electron chi connectivity index (χ2n) is 11.8. The molecule has 3 aromatic carbocycles. The minimum Gasteiger partial charge on any atom is -0.437 e. The van der Waals surface area contributed by atoms with Gasteiger partial charge in [-0.15, -0.1) is 0 Å². The second-order valence-corrected chi connectivity index (χ2v) is 11.8. The predicted octanol–water partition coefficient (Wildman–Crippen LogP) is 6.95. The minimum absolute atomic E-state index is 0.0870. The zero-order chi connectivity index (χ0) is 30.1. The van der Waals surface area contributed by atoms with Crippen LogP contribution in [0, 0.1) is 12.8 Å². The van der Waals surface area contributed by atoms with Crippen molar-refractivity contribution in [1.29, 1.82) is 0 Å². The minimum atomic E-state index is -1.58. The molecule has 1 aliphatic carbocycles. The average Bonchev–Trinajstić information content (AvgIpc) is 3.76. The van der Waals surface area contributed by atoms with Crippen molar-refractivity contribution in [3.05, 3.63) is 108 Å². The summed E-state index contributed by atoms with van der Waals surface area (Å²) in [5.74, 6) is 0.946. The summed E-state index contributed by atoms with van der Waals surface area (Å²) in [6, 6.07) is 24.8. The molecular formula is C36H34FN5O2. The number of anilines is 1. The zero-order valence-corrected chi connectivity index (χ0v) is 24.6. The third-order valence-corrected chi connectivity index (χ3v) is 8.73. The third-order valence-electron chi connectivity index (χ3n) is 8.73. The smallest absolute Gasteiger partial charge is 0.228 e. The number of fused-ring (bicyclic) bond motifs is 1. The van der Waals surface area contributed by atoms with Gasteiger partial charge >= 0.3 is 0 Å². The van der Waals surface area contributed by atoms with Crippen LogP contribution in [0.3, 0.4) is 0 Å². The Morgan fingerprint density at radius 2 is 1.89 bits per heavy atom. The van der Waals surface area contributed by atoms with E-state index in [0.717, 1.165) is 53.4 Å². The predicted molar refractivity (Wildman–Crippen MR) is 170 cm³/mol. The lowest BCUT2D eigenvalue weighted by atomic mass is 9.95. The van der Waals surface area contributed by atoms with Gasteiger partial charge in [-0.3, -0.25) is 4.79 Å². The lowest BCUT2D eigenvalue weighted by Crippen LogP contribution is -2.38. The van der Waals surface area contributed by atoms with E-state index in [4.69, 9.17) is 9.72 Å². The molecule has 0 radical (unpaired) electrons. The number of hydrogen-bond acceptors (Lipinski definition) is 7. The van der Waals surface area contributed by atoms with Gasteiger partial charge in [0.2, 0.25) is 11.8 Å². The highest BCUT2D eigenvalue weighted by Crippen LogP contribution is 2.56. The Morgan fingerprint density at radius 1 is 1.00 bits per heavy atom. The fourth-order valence-electron chi connectivity index (χ4n) is 6.25. The van der Waals surface area contributed by atoms with Crippen molar-refractivity contribution >= 4 is 22.5 Å². The lowest BCUT2D eigenvalue weighted by molar-refractivity contribution is -0.120. The molecule has 2 aromatic heterocycles. The number of aromatic nitrogens is 3. The van der Waals surface area contributed by atoms with Gasteiger partial charge in [0.15, 0.2) is 0 Å². The van der Waals surface area contributed by atoms with E-state index in [-0.39, 0.29) is 24.7 Å². The number of carbonyl (C=O) groups is 1. The lowest BCUT2D eigenvalue weighted by Gasteiger charge is -2.23. The molecule has 7 rings (SSSR count). The van der Waals surface area contributed by atoms with Crippen LogP contribution in [-0.2, 0) is 16.9 Å². The van der Waals surface area contributed by atoms with E-state index in [1.54, 1.807) is 24.5 Å². The van der Waals surface area contributed by atoms with Crippen LogP contribution in [0.25, 0.3) is 22.0 Å². The molecule has 0 unspecified atom stereocenters. The van der Waals surface area contributed by atoms with Crippen LogP contribution < -0.4 is 15.4 Å². The van der Waals surface area contributed by atoms with Crippen LogP contribution in [-0.4, -0.2) is 39.9 Å². The molecule has 1 aliphatic heterocycles. The molecule has 3 atom stereocenters. The van der Waals surface area contributed by atoms with Crippen molar-refractivity contribution in [3.63, 3.8) is 0 Å². The maximum atomic E-state index is 15.6. The average molecular weight is 588 g/mol. The van der Waals surface area contributed by atoms with Crippen molar-refractivity contribution in [2.24, 2.45) is 5.92 Å². The van der Waals surface area contributed by atoms with E-state index < -0.39 is 11.6 Å². The Kier molecular flexibility index (Phi) is 7.52. The number of hydrogen-bond donors (Lipinski definition) is 2. The maximum Gasteiger partial charge on any atom is 0.228 e. The first-order chi connectivity index (χ1) is 21.5. The number of nitrogens with one attached hydrogen (secondary N) is 2. The second kappa shape index (κ2) is 11.8. The number of piperidine rings is 1. The van der Waals surface area contributed by atoms with Gasteiger partial charge in [0.05, 0.1) is 17.2 Å². The molecule has 7 nitrogen and oxygen atoms in total. The van der Waals surface area contributed by atoms with E-state index in [1.165, 1.54) is 0 Å². The number of pyridine rings is 1. The Morgan fingerprint density at radius 3 is 2.73 bits per heavy atom. The fourth-order valence-corrected chi connectivity index (χ4v) is 6.25. The van der Waals surface area contributed by atoms with Crippen LogP contribution in [0.15, 0.2) is 91.3 Å². The Hall–Kier alpha value is -4.69. The van der Waals surface area contributed by atoms with Gasteiger partial charge in [-0.25, -0.2) is 19.3 Å². The van der Waals surface area contributed by atoms with Gasteiger partial charge < -0.3 is 15.4 Å². The van der Waals surface area contributed by atoms with Gasteiger partial charge in [0, 0.05) is 36.8 Å². The summed E-state index contributed by atoms with van der Waals surface area (Å²) in [7, 11) is 0. The van der Waals surface area contributed by atoms with E-state index in [2.05, 4.69) is 20.6 Å². The van der Waals surface area contributed by atoms with Crippen molar-refractivity contribution in [2.45, 2.75) is 44.3 Å². The molecule has 2 fully saturated rings. The van der Waals surface area contributed by atoms with Gasteiger partial charge in [-0.05, 0) is 73.0 Å². The monoisotopic (exact) mass is 587 g/mol. The Bertz CT molecular complexity index is 1820. The number of nitrogens with zero attached hydrogens (tertiary/aromatic N) is 3. The largest absolute Gasteiger partial charge is 0.437 e. The first-order valence-electron chi connectivity index (χ1n) is 15.2. The highest BCUT2D eigenvalue weighted by molar-refractivity contribution is 5.96. The van der Waals surface area contributed by atoms with Crippen LogP contribution in [0.1, 0.15) is 36.0 Å². The number of ketones is 1. The molecule has 2 aliphatic rings. The standard InChI is InChI=1S/C36H34FN5O2/c1-23-14-15-27-24(20-32(43)30-21-36(30,37)25-9-3-2-4-10-25)8-5-12-28(27)33(23)44-34-29(13-7-18-39-34)31-16-19-40-35(42-31)41-26-11-6-17-38-22-26/h2-5,7-10,12-16,18-19,26,30,38H,6,11,17,20-22H2,1H3,(H,40,41,42)/t26-,30-,36+/m0/s1. The van der Waals surface area contributed by atoms with Gasteiger partial charge in [-0.2, -0.15) is 0 Å². The molecule has 44 heavy (non-hydrogen) atoms. The summed E-state index contributed by atoms with van der Waals surface area (Å²) in [5.41, 5.74) is 2.23. The van der Waals surface area contributed by atoms with Crippen LogP contribution >= 0.6 is 0 Å². The number of Topliss-reactive ketones (excluding diaryl/α,β-unsaturated/α-hetero) is 1. The normalized spacial score (nSPS) is 21.1. The molecule has 0 amide bonds. The SMILES string of the molecule is Cc1ccc2c(CC(=O)[C@@H]3C[C@@]3(F)c3ccccc3)cccc2c1Oc1ncccc1-c1ccnc(N[C@H]2CCCNC2)n1. The molecule has 5 aromatic rings. The molecule has 0 spiro atoms. The van der Waals surface area contributed by atoms with E-state index in [1.807, 2.05) is 73.7 Å². The first kappa shape index (κ1) is 28.1. The van der Waals surface area contributed by atoms with Crippen molar-refractivity contribution < 1.29 is 13.9 Å². The molecule has 1 saturated heterocycles. The van der Waals surface area contributed by atoms with Crippen LogP contribution in [0.5, 0.6) is 11.6 Å². The van der Waals surface area contributed by atoms with Crippen molar-refractivity contribution in [2.75, 3.05) is 18.4 Å². The van der Waals surface area contributed by atoms with Crippen molar-refractivity contribution in [3.8, 4) is 22.9 Å². The highest BCUT2D eigenvalue weighted by Gasteiger charge is 2.60. The number of aryl methyl sites for hydroxylation is 1. The summed E-state index contributed by atoms with van der Waals surface area (Å²) < 4.78 is 22.1. The number of alkyl halides is 1. The quantitative estimate of drug-likeness (QED) is 0.193. The van der Waals surface area contributed by atoms with Gasteiger partial charge in [0.25, 0.3) is 0 Å². The molecule has 2 N–H and O–H groups in total. The third kappa shape index (κ3) is 5.53. The number of rotatable bonds is 9. The number of ether oxygens (including phenoxy) is 1. The number of carbonyl (C=O) groups excluding carboxylic acids is 1. The van der Waals surface area contributed by atoms with Gasteiger partial charge in [0.1, 0.15) is 17.2 Å². The maximum absolute atomic E-state index is 15.6. The van der Waals surface area contributed by atoms with E-state index >= 15 is 4.39 Å². The first-order valence-corrected chi connectivity index (χ1v) is 15.2. The Balaban J connectivity index is 1.16. The number of benzene rings is 3. The van der Waals surface area contributed by atoms with Gasteiger partial charge in [-0.1, -0.05) is 60.7 Å².